The molecule has 1 aromatic carbocycles. The van der Waals surface area contributed by atoms with E-state index in [2.05, 4.69) is 28.1 Å². The molecular weight excluding hydrogens is 603 g/mol. The molecule has 1 aliphatic heterocycles. The molecule has 1 aliphatic rings. The molecular formula is C18H22N5O14P3. The number of hydrogen-bond acceptors (Lipinski definition) is 13. The SMILES string of the molecule is Nc1nc2c(nc(C=Cc3ccccc3)n2[C@@H]2O[C@H](COP(=O)(O)OP(=O)(O)OP(=O)(O)O)[C@@H](O)[C@H]2O)c(=O)[nH]1. The predicted octanol–water partition coefficient (Wildman–Crippen LogP) is -0.165. The molecule has 4 rings (SSSR count). The van der Waals surface area contributed by atoms with E-state index < -0.39 is 60.2 Å². The van der Waals surface area contributed by atoms with Crippen molar-refractivity contribution in [3.05, 3.63) is 52.1 Å². The van der Waals surface area contributed by atoms with E-state index >= 15 is 0 Å². The molecule has 0 spiro atoms. The lowest BCUT2D eigenvalue weighted by Gasteiger charge is -2.19. The van der Waals surface area contributed by atoms with Crippen molar-refractivity contribution in [3.8, 4) is 0 Å². The zero-order chi connectivity index (χ0) is 29.5. The maximum Gasteiger partial charge on any atom is 0.490 e. The smallest absolute Gasteiger partial charge is 0.387 e. The molecule has 9 N–H and O–H groups in total. The third-order valence-corrected chi connectivity index (χ3v) is 9.03. The molecule has 1 saturated heterocycles. The summed E-state index contributed by atoms with van der Waals surface area (Å²) in [6, 6.07) is 8.90. The molecule has 2 unspecified atom stereocenters. The molecule has 3 heterocycles. The van der Waals surface area contributed by atoms with Gasteiger partial charge in [0.05, 0.1) is 6.61 Å². The Balaban J connectivity index is 1.61. The van der Waals surface area contributed by atoms with E-state index in [-0.39, 0.29) is 22.9 Å². The highest BCUT2D eigenvalue weighted by molar-refractivity contribution is 7.66. The first-order chi connectivity index (χ1) is 18.6. The Morgan fingerprint density at radius 1 is 1.00 bits per heavy atom. The summed E-state index contributed by atoms with van der Waals surface area (Å²) in [4.78, 5) is 59.2. The van der Waals surface area contributed by atoms with Crippen molar-refractivity contribution in [2.45, 2.75) is 24.5 Å². The number of nitrogens with zero attached hydrogens (tertiary/aromatic N) is 3. The summed E-state index contributed by atoms with van der Waals surface area (Å²) in [6.45, 7) is -1.05. The zero-order valence-corrected chi connectivity index (χ0v) is 22.5. The summed E-state index contributed by atoms with van der Waals surface area (Å²) in [7, 11) is -16.9. The minimum atomic E-state index is -5.78. The van der Waals surface area contributed by atoms with E-state index in [9.17, 15) is 38.5 Å². The number of imidazole rings is 1. The van der Waals surface area contributed by atoms with Crippen LogP contribution >= 0.6 is 23.5 Å². The summed E-state index contributed by atoms with van der Waals surface area (Å²) >= 11 is 0. The van der Waals surface area contributed by atoms with Gasteiger partial charge in [0.15, 0.2) is 17.4 Å². The number of aliphatic hydroxyl groups excluding tert-OH is 2. The highest BCUT2D eigenvalue weighted by Crippen LogP contribution is 2.66. The van der Waals surface area contributed by atoms with Gasteiger partial charge in [-0.15, -0.1) is 0 Å². The average molecular weight is 625 g/mol. The Morgan fingerprint density at radius 3 is 2.33 bits per heavy atom. The van der Waals surface area contributed by atoms with Crippen LogP contribution in [-0.2, 0) is 31.6 Å². The summed E-state index contributed by atoms with van der Waals surface area (Å²) in [5.74, 6) is -0.262. The monoisotopic (exact) mass is 625 g/mol. The minimum Gasteiger partial charge on any atom is -0.387 e. The molecule has 0 aliphatic carbocycles. The van der Waals surface area contributed by atoms with Crippen molar-refractivity contribution in [3.63, 3.8) is 0 Å². The molecule has 40 heavy (non-hydrogen) atoms. The van der Waals surface area contributed by atoms with Crippen molar-refractivity contribution in [2.24, 2.45) is 0 Å². The van der Waals surface area contributed by atoms with Crippen molar-refractivity contribution in [1.29, 1.82) is 0 Å². The Kier molecular flexibility index (Phi) is 8.61. The maximum atomic E-state index is 12.5. The van der Waals surface area contributed by atoms with Crippen LogP contribution in [0.25, 0.3) is 23.3 Å². The Morgan fingerprint density at radius 2 is 1.68 bits per heavy atom. The van der Waals surface area contributed by atoms with Crippen molar-refractivity contribution >= 4 is 52.7 Å². The number of benzene rings is 1. The number of aromatic amines is 1. The summed E-state index contributed by atoms with van der Waals surface area (Å²) in [5, 5.41) is 21.3. The van der Waals surface area contributed by atoms with Gasteiger partial charge in [0.1, 0.15) is 24.1 Å². The van der Waals surface area contributed by atoms with E-state index in [1.807, 2.05) is 0 Å². The third-order valence-electron chi connectivity index (χ3n) is 5.23. The molecule has 19 nitrogen and oxygen atoms in total. The second kappa shape index (κ2) is 11.3. The van der Waals surface area contributed by atoms with Crippen molar-refractivity contribution in [1.82, 2.24) is 19.5 Å². The van der Waals surface area contributed by atoms with Crippen LogP contribution in [0.15, 0.2) is 35.1 Å². The molecule has 0 bridgehead atoms. The van der Waals surface area contributed by atoms with Gasteiger partial charge in [0.2, 0.25) is 5.95 Å². The van der Waals surface area contributed by atoms with Gasteiger partial charge in [-0.3, -0.25) is 18.9 Å². The van der Waals surface area contributed by atoms with Crippen LogP contribution in [0.4, 0.5) is 5.95 Å². The van der Waals surface area contributed by atoms with Gasteiger partial charge < -0.3 is 40.3 Å². The first kappa shape index (κ1) is 30.4. The average Bonchev–Trinajstić information content (AvgIpc) is 3.31. The zero-order valence-electron chi connectivity index (χ0n) is 19.8. The van der Waals surface area contributed by atoms with Crippen LogP contribution in [0, 0.1) is 0 Å². The number of phosphoric acid groups is 3. The second-order valence-corrected chi connectivity index (χ2v) is 12.6. The maximum absolute atomic E-state index is 12.5. The van der Waals surface area contributed by atoms with Gasteiger partial charge in [-0.05, 0) is 11.6 Å². The number of nitrogens with one attached hydrogen (secondary N) is 1. The molecule has 3 aromatic rings. The molecule has 0 amide bonds. The molecule has 2 aromatic heterocycles. The number of hydrogen-bond donors (Lipinski definition) is 8. The number of H-pyrrole nitrogens is 1. The molecule has 0 radical (unpaired) electrons. The fraction of sp³-hybridized carbons (Fsp3) is 0.278. The van der Waals surface area contributed by atoms with Crippen LogP contribution in [0.2, 0.25) is 0 Å². The predicted molar refractivity (Wildman–Crippen MR) is 134 cm³/mol. The van der Waals surface area contributed by atoms with E-state index in [4.69, 9.17) is 20.3 Å². The lowest BCUT2D eigenvalue weighted by molar-refractivity contribution is -0.0505. The third kappa shape index (κ3) is 7.18. The summed E-state index contributed by atoms with van der Waals surface area (Å²) in [5.41, 5.74) is 5.36. The summed E-state index contributed by atoms with van der Waals surface area (Å²) in [6.07, 6.45) is -3.58. The van der Waals surface area contributed by atoms with Crippen LogP contribution in [-0.4, -0.2) is 74.2 Å². The Labute approximate surface area is 222 Å². The normalized spacial score (nSPS) is 24.9. The lowest BCUT2D eigenvalue weighted by atomic mass is 10.1. The van der Waals surface area contributed by atoms with E-state index in [0.717, 1.165) is 10.1 Å². The summed E-state index contributed by atoms with van der Waals surface area (Å²) < 4.78 is 52.9. The quantitative estimate of drug-likeness (QED) is 0.136. The van der Waals surface area contributed by atoms with Gasteiger partial charge in [-0.2, -0.15) is 13.6 Å². The highest BCUT2D eigenvalue weighted by atomic mass is 31.3. The molecule has 6 atom stereocenters. The lowest BCUT2D eigenvalue weighted by Crippen LogP contribution is -2.33. The number of nitrogens with two attached hydrogens (primary N) is 1. The largest absolute Gasteiger partial charge is 0.490 e. The van der Waals surface area contributed by atoms with Gasteiger partial charge >= 0.3 is 23.5 Å². The Bertz CT molecular complexity index is 1620. The van der Waals surface area contributed by atoms with Gasteiger partial charge in [0, 0.05) is 0 Å². The number of nitrogen functional groups attached to an aromatic ring is 1. The second-order valence-electron chi connectivity index (χ2n) is 8.14. The van der Waals surface area contributed by atoms with Gasteiger partial charge in [0.25, 0.3) is 5.56 Å². The van der Waals surface area contributed by atoms with Crippen LogP contribution in [0.3, 0.4) is 0 Å². The van der Waals surface area contributed by atoms with E-state index in [0.29, 0.717) is 0 Å². The molecule has 0 saturated carbocycles. The van der Waals surface area contributed by atoms with Crippen LogP contribution in [0.1, 0.15) is 17.6 Å². The van der Waals surface area contributed by atoms with Gasteiger partial charge in [-0.1, -0.05) is 36.4 Å². The van der Waals surface area contributed by atoms with Crippen LogP contribution in [0.5, 0.6) is 0 Å². The number of phosphoric ester groups is 1. The van der Waals surface area contributed by atoms with Crippen molar-refractivity contribution < 1.29 is 61.4 Å². The van der Waals surface area contributed by atoms with E-state index in [1.165, 1.54) is 6.08 Å². The van der Waals surface area contributed by atoms with Crippen molar-refractivity contribution in [2.75, 3.05) is 12.3 Å². The van der Waals surface area contributed by atoms with Gasteiger partial charge in [-0.25, -0.2) is 18.7 Å². The first-order valence-electron chi connectivity index (χ1n) is 10.9. The molecule has 218 valence electrons. The number of aromatic nitrogens is 4. The number of ether oxygens (including phenoxy) is 1. The first-order valence-corrected chi connectivity index (χ1v) is 15.4. The topological polar surface area (TPSA) is 299 Å². The molecule has 1 fully saturated rings. The number of fused-ring (bicyclic) bond motifs is 1. The number of rotatable bonds is 10. The standard InChI is InChI=1S/C18H22N5O14P3/c19-18-21-15-12(16(26)22-18)20-11(7-6-9-4-2-1-3-5-9)23(15)17-14(25)13(24)10(35-17)8-34-39(30,31)37-40(32,33)36-38(27,28)29/h1-7,10,13-14,17,24-25H,8H2,(H,30,31)(H,32,33)(H2,27,28,29)(H3,19,21,22,26)/t10-,13-,14-,17-/m1/s1. The number of anilines is 1. The minimum absolute atomic E-state index is 0.0345. The van der Waals surface area contributed by atoms with Crippen LogP contribution < -0.4 is 11.3 Å². The molecule has 22 heteroatoms. The van der Waals surface area contributed by atoms with E-state index in [1.54, 1.807) is 36.4 Å². The highest BCUT2D eigenvalue weighted by Gasteiger charge is 2.47. The fourth-order valence-electron chi connectivity index (χ4n) is 3.67. The Hall–Kier alpha value is -2.60. The fourth-order valence-corrected chi connectivity index (χ4v) is 6.70. The number of aliphatic hydroxyl groups is 2.